The van der Waals surface area contributed by atoms with E-state index in [9.17, 15) is 14.3 Å². The minimum absolute atomic E-state index is 0. The van der Waals surface area contributed by atoms with Crippen LogP contribution in [0.25, 0.3) is 5.69 Å². The fourth-order valence-electron chi connectivity index (χ4n) is 2.76. The second kappa shape index (κ2) is 7.63. The topological polar surface area (TPSA) is 79.2 Å². The van der Waals surface area contributed by atoms with Crippen molar-refractivity contribution >= 4 is 18.3 Å². The smallest absolute Gasteiger partial charge is 0.275 e. The summed E-state index contributed by atoms with van der Waals surface area (Å²) >= 11 is 0. The highest BCUT2D eigenvalue weighted by atomic mass is 35.5. The first-order chi connectivity index (χ1) is 11.0. The quantitative estimate of drug-likeness (QED) is 0.784. The van der Waals surface area contributed by atoms with Crippen LogP contribution in [0.1, 0.15) is 28.9 Å². The fourth-order valence-corrected chi connectivity index (χ4v) is 2.76. The summed E-state index contributed by atoms with van der Waals surface area (Å²) in [6.45, 7) is 3.20. The molecule has 0 aliphatic carbocycles. The predicted molar refractivity (Wildman–Crippen MR) is 90.5 cm³/mol. The van der Waals surface area contributed by atoms with Crippen LogP contribution in [0, 0.1) is 12.7 Å². The summed E-state index contributed by atoms with van der Waals surface area (Å²) in [4.78, 5) is 12.2. The van der Waals surface area contributed by atoms with E-state index in [-0.39, 0.29) is 35.7 Å². The molecule has 3 N–H and O–H groups in total. The van der Waals surface area contributed by atoms with E-state index in [0.717, 1.165) is 19.4 Å². The van der Waals surface area contributed by atoms with Gasteiger partial charge in [-0.1, -0.05) is 0 Å². The highest BCUT2D eigenvalue weighted by molar-refractivity contribution is 5.94. The Morgan fingerprint density at radius 1 is 1.54 bits per heavy atom. The van der Waals surface area contributed by atoms with Gasteiger partial charge in [-0.25, -0.2) is 9.07 Å². The Morgan fingerprint density at radius 3 is 3.00 bits per heavy atom. The van der Waals surface area contributed by atoms with Crippen LogP contribution in [0.2, 0.25) is 0 Å². The van der Waals surface area contributed by atoms with Gasteiger partial charge in [-0.15, -0.1) is 12.4 Å². The lowest BCUT2D eigenvalue weighted by atomic mass is 10.2. The lowest BCUT2D eigenvalue weighted by Gasteiger charge is -2.10. The van der Waals surface area contributed by atoms with Gasteiger partial charge in [-0.05, 0) is 50.1 Å². The third-order valence-corrected chi connectivity index (χ3v) is 3.99. The molecular weight excluding hydrogens is 335 g/mol. The molecule has 24 heavy (non-hydrogen) atoms. The number of hydrogen-bond acceptors (Lipinski definition) is 4. The molecule has 1 aliphatic rings. The molecule has 1 aromatic heterocycles. The largest absolute Gasteiger partial charge is 0.504 e. The molecule has 1 atom stereocenters. The highest BCUT2D eigenvalue weighted by Crippen LogP contribution is 2.21. The zero-order valence-corrected chi connectivity index (χ0v) is 14.1. The van der Waals surface area contributed by atoms with Crippen LogP contribution in [0.5, 0.6) is 5.75 Å². The van der Waals surface area contributed by atoms with E-state index in [4.69, 9.17) is 0 Å². The van der Waals surface area contributed by atoms with Gasteiger partial charge in [-0.2, -0.15) is 5.10 Å². The monoisotopic (exact) mass is 354 g/mol. The molecule has 130 valence electrons. The third-order valence-electron chi connectivity index (χ3n) is 3.99. The van der Waals surface area contributed by atoms with Crippen molar-refractivity contribution in [3.05, 3.63) is 41.5 Å². The minimum Gasteiger partial charge on any atom is -0.504 e. The molecule has 2 aromatic rings. The van der Waals surface area contributed by atoms with E-state index in [1.807, 2.05) is 0 Å². The molecule has 0 bridgehead atoms. The van der Waals surface area contributed by atoms with Gasteiger partial charge in [0.25, 0.3) is 5.91 Å². The molecular formula is C16H20ClFN4O2. The van der Waals surface area contributed by atoms with E-state index >= 15 is 0 Å². The number of aromatic hydroxyl groups is 1. The van der Waals surface area contributed by atoms with Gasteiger partial charge in [0.05, 0.1) is 11.9 Å². The first kappa shape index (κ1) is 18.2. The standard InChI is InChI=1S/C16H19FN4O2.ClH/c1-10-7-11(17)4-5-13(10)21-9-14(22)15(20-21)16(23)19-8-12-3-2-6-18-12;/h4-5,7,9,12,18,22H,2-3,6,8H2,1H3,(H,19,23);1H. The van der Waals surface area contributed by atoms with Crippen molar-refractivity contribution in [1.29, 1.82) is 0 Å². The second-order valence-corrected chi connectivity index (χ2v) is 5.74. The van der Waals surface area contributed by atoms with Gasteiger partial charge >= 0.3 is 0 Å². The van der Waals surface area contributed by atoms with Crippen LogP contribution in [0.3, 0.4) is 0 Å². The van der Waals surface area contributed by atoms with Gasteiger partial charge in [0.2, 0.25) is 0 Å². The summed E-state index contributed by atoms with van der Waals surface area (Å²) < 4.78 is 14.6. The predicted octanol–water partition coefficient (Wildman–Crippen LogP) is 1.93. The van der Waals surface area contributed by atoms with E-state index in [2.05, 4.69) is 15.7 Å². The molecule has 0 radical (unpaired) electrons. The normalized spacial score (nSPS) is 16.7. The van der Waals surface area contributed by atoms with E-state index < -0.39 is 5.91 Å². The Hall–Kier alpha value is -2.12. The molecule has 1 fully saturated rings. The molecule has 6 nitrogen and oxygen atoms in total. The van der Waals surface area contributed by atoms with Gasteiger partial charge in [0.15, 0.2) is 11.4 Å². The Bertz CT molecular complexity index is 729. The Morgan fingerprint density at radius 2 is 2.33 bits per heavy atom. The van der Waals surface area contributed by atoms with E-state index in [1.165, 1.54) is 23.0 Å². The second-order valence-electron chi connectivity index (χ2n) is 5.74. The first-order valence-corrected chi connectivity index (χ1v) is 7.61. The number of amides is 1. The van der Waals surface area contributed by atoms with Crippen LogP contribution in [0.4, 0.5) is 4.39 Å². The van der Waals surface area contributed by atoms with Gasteiger partial charge in [0.1, 0.15) is 5.82 Å². The average molecular weight is 355 g/mol. The molecule has 1 aromatic carbocycles. The number of halogens is 2. The number of rotatable bonds is 4. The minimum atomic E-state index is -0.422. The zero-order chi connectivity index (χ0) is 16.4. The molecule has 1 saturated heterocycles. The zero-order valence-electron chi connectivity index (χ0n) is 13.3. The van der Waals surface area contributed by atoms with Crippen molar-refractivity contribution in [3.63, 3.8) is 0 Å². The maximum absolute atomic E-state index is 13.2. The van der Waals surface area contributed by atoms with Crippen molar-refractivity contribution in [2.45, 2.75) is 25.8 Å². The number of aromatic nitrogens is 2. The van der Waals surface area contributed by atoms with E-state index in [1.54, 1.807) is 13.0 Å². The number of nitrogens with zero attached hydrogens (tertiary/aromatic N) is 2. The molecule has 1 amide bonds. The number of benzene rings is 1. The lowest BCUT2D eigenvalue weighted by Crippen LogP contribution is -2.37. The van der Waals surface area contributed by atoms with Crippen molar-refractivity contribution < 1.29 is 14.3 Å². The SMILES string of the molecule is Cc1cc(F)ccc1-n1cc(O)c(C(=O)NCC2CCCN2)n1.Cl. The summed E-state index contributed by atoms with van der Waals surface area (Å²) in [7, 11) is 0. The lowest BCUT2D eigenvalue weighted by molar-refractivity contribution is 0.0942. The molecule has 8 heteroatoms. The number of carbonyl (C=O) groups excluding carboxylic acids is 1. The molecule has 0 spiro atoms. The maximum Gasteiger partial charge on any atom is 0.275 e. The molecule has 3 rings (SSSR count). The average Bonchev–Trinajstić information content (AvgIpc) is 3.14. The third kappa shape index (κ3) is 3.85. The van der Waals surface area contributed by atoms with Gasteiger partial charge in [-0.3, -0.25) is 4.79 Å². The highest BCUT2D eigenvalue weighted by Gasteiger charge is 2.20. The summed E-state index contributed by atoms with van der Waals surface area (Å²) in [5.74, 6) is -0.968. The van der Waals surface area contributed by atoms with Crippen molar-refractivity contribution in [2.24, 2.45) is 0 Å². The van der Waals surface area contributed by atoms with Crippen LogP contribution < -0.4 is 10.6 Å². The molecule has 0 saturated carbocycles. The van der Waals surface area contributed by atoms with Crippen molar-refractivity contribution in [3.8, 4) is 11.4 Å². The van der Waals surface area contributed by atoms with Crippen LogP contribution in [-0.4, -0.2) is 39.9 Å². The Balaban J connectivity index is 0.00000208. The van der Waals surface area contributed by atoms with E-state index in [0.29, 0.717) is 17.8 Å². The summed E-state index contributed by atoms with van der Waals surface area (Å²) in [6, 6.07) is 4.51. The fraction of sp³-hybridized carbons (Fsp3) is 0.375. The number of nitrogens with one attached hydrogen (secondary N) is 2. The van der Waals surface area contributed by atoms with Crippen LogP contribution in [-0.2, 0) is 0 Å². The van der Waals surface area contributed by atoms with Crippen molar-refractivity contribution in [1.82, 2.24) is 20.4 Å². The number of carbonyl (C=O) groups is 1. The molecule has 1 unspecified atom stereocenters. The van der Waals surface area contributed by atoms with Crippen LogP contribution >= 0.6 is 12.4 Å². The molecule has 1 aliphatic heterocycles. The van der Waals surface area contributed by atoms with Crippen molar-refractivity contribution in [2.75, 3.05) is 13.1 Å². The number of aryl methyl sites for hydroxylation is 1. The maximum atomic E-state index is 13.2. The Kier molecular flexibility index (Phi) is 5.80. The van der Waals surface area contributed by atoms with Gasteiger partial charge < -0.3 is 15.7 Å². The molecule has 2 heterocycles. The summed E-state index contributed by atoms with van der Waals surface area (Å²) in [6.07, 6.45) is 3.47. The van der Waals surface area contributed by atoms with Gasteiger partial charge in [0, 0.05) is 12.6 Å². The Labute approximate surface area is 145 Å². The summed E-state index contributed by atoms with van der Waals surface area (Å²) in [5.41, 5.74) is 1.24. The first-order valence-electron chi connectivity index (χ1n) is 7.61. The summed E-state index contributed by atoms with van der Waals surface area (Å²) in [5, 5.41) is 20.2. The number of hydrogen-bond donors (Lipinski definition) is 3. The van der Waals surface area contributed by atoms with Crippen LogP contribution in [0.15, 0.2) is 24.4 Å².